The molecule has 0 bridgehead atoms. The minimum atomic E-state index is -1.42. The number of hydrogen-bond donors (Lipinski definition) is 2. The molecule has 1 saturated heterocycles. The number of H-pyrrole nitrogens is 1. The maximum atomic E-state index is 13.4. The minimum Gasteiger partial charge on any atom is -0.459 e. The number of carbonyl (C=O) groups is 3. The van der Waals surface area contributed by atoms with Gasteiger partial charge in [-0.1, -0.05) is 54.6 Å². The molecule has 1 fully saturated rings. The monoisotopic (exact) mass is 609 g/mol. The Kier molecular flexibility index (Phi) is 8.08. The van der Waals surface area contributed by atoms with Crippen molar-refractivity contribution in [2.24, 2.45) is 0 Å². The van der Waals surface area contributed by atoms with Crippen LogP contribution in [0.1, 0.15) is 43.1 Å². The highest BCUT2D eigenvalue weighted by Gasteiger charge is 2.52. The Balaban J connectivity index is 1.42. The van der Waals surface area contributed by atoms with E-state index in [-0.39, 0.29) is 33.7 Å². The summed E-state index contributed by atoms with van der Waals surface area (Å²) in [6.07, 6.45) is -5.38. The number of imidazole rings is 1. The zero-order chi connectivity index (χ0) is 31.5. The van der Waals surface area contributed by atoms with E-state index in [1.807, 2.05) is 0 Å². The lowest BCUT2D eigenvalue weighted by molar-refractivity contribution is -0.0622. The molecule has 1 aliphatic rings. The predicted molar refractivity (Wildman–Crippen MR) is 159 cm³/mol. The van der Waals surface area contributed by atoms with E-state index >= 15 is 0 Å². The summed E-state index contributed by atoms with van der Waals surface area (Å²) in [7, 11) is 0. The van der Waals surface area contributed by atoms with Gasteiger partial charge in [-0.25, -0.2) is 28.7 Å². The van der Waals surface area contributed by atoms with E-state index in [0.29, 0.717) is 5.82 Å². The summed E-state index contributed by atoms with van der Waals surface area (Å²) in [6.45, 7) is 1.24. The van der Waals surface area contributed by atoms with Crippen molar-refractivity contribution in [1.29, 1.82) is 0 Å². The highest BCUT2D eigenvalue weighted by molar-refractivity contribution is 5.91. The number of aryl methyl sites for hydroxylation is 1. The predicted octanol–water partition coefficient (Wildman–Crippen LogP) is 3.22. The fraction of sp³-hybridized carbons (Fsp3) is 0.188. The summed E-state index contributed by atoms with van der Waals surface area (Å²) in [6, 6.07) is 24.6. The Morgan fingerprint density at radius 1 is 0.800 bits per heavy atom. The molecule has 13 heteroatoms. The maximum Gasteiger partial charge on any atom is 0.353 e. The molecule has 0 saturated carbocycles. The van der Waals surface area contributed by atoms with Crippen LogP contribution in [0.5, 0.6) is 0 Å². The van der Waals surface area contributed by atoms with Crippen LogP contribution in [0, 0.1) is 6.92 Å². The molecule has 0 unspecified atom stereocenters. The van der Waals surface area contributed by atoms with Gasteiger partial charge in [0.2, 0.25) is 0 Å². The first-order chi connectivity index (χ1) is 21.8. The van der Waals surface area contributed by atoms with Crippen LogP contribution in [0.2, 0.25) is 0 Å². The van der Waals surface area contributed by atoms with E-state index in [1.54, 1.807) is 97.9 Å². The van der Waals surface area contributed by atoms with Gasteiger partial charge in [-0.15, -0.1) is 0 Å². The molecule has 45 heavy (non-hydrogen) atoms. The van der Waals surface area contributed by atoms with E-state index in [1.165, 1.54) is 0 Å². The van der Waals surface area contributed by atoms with Crippen molar-refractivity contribution in [1.82, 2.24) is 19.5 Å². The van der Waals surface area contributed by atoms with Crippen molar-refractivity contribution in [3.63, 3.8) is 0 Å². The first-order valence-corrected chi connectivity index (χ1v) is 13.9. The number of esters is 3. The zero-order valence-corrected chi connectivity index (χ0v) is 23.9. The molecule has 6 rings (SSSR count). The number of nitrogen functional groups attached to an aromatic ring is 1. The van der Waals surface area contributed by atoms with E-state index in [4.69, 9.17) is 24.7 Å². The lowest BCUT2D eigenvalue weighted by Crippen LogP contribution is -2.42. The standard InChI is InChI=1S/C32H27N5O8/c1-18-34-23-26(33)36-32(41)37(27(23)35-18)28-25(45-31(40)21-15-9-4-10-16-21)24(44-30(39)20-13-7-3-8-14-20)22(43-28)17-42-29(38)19-11-5-2-6-12-19/h2-16,22,24-25,28H,17H2,1H3,(H,34,35)(H2,33,36,41)/t22-,24-,25-,28-/m1/s1. The maximum absolute atomic E-state index is 13.4. The molecule has 13 nitrogen and oxygen atoms in total. The van der Waals surface area contributed by atoms with E-state index in [2.05, 4.69) is 15.0 Å². The number of nitrogens with one attached hydrogen (secondary N) is 1. The lowest BCUT2D eigenvalue weighted by atomic mass is 10.1. The third kappa shape index (κ3) is 6.01. The molecule has 3 N–H and O–H groups in total. The fourth-order valence-electron chi connectivity index (χ4n) is 5.03. The molecule has 0 amide bonds. The highest BCUT2D eigenvalue weighted by atomic mass is 16.7. The van der Waals surface area contributed by atoms with Gasteiger partial charge >= 0.3 is 23.6 Å². The van der Waals surface area contributed by atoms with Gasteiger partial charge in [0.25, 0.3) is 0 Å². The van der Waals surface area contributed by atoms with Gasteiger partial charge in [-0.2, -0.15) is 4.98 Å². The van der Waals surface area contributed by atoms with Crippen molar-refractivity contribution in [3.05, 3.63) is 124 Å². The van der Waals surface area contributed by atoms with Crippen LogP contribution in [0.4, 0.5) is 5.82 Å². The molecule has 4 atom stereocenters. The normalized spacial score (nSPS) is 19.2. The summed E-state index contributed by atoms with van der Waals surface area (Å²) in [5, 5.41) is 0. The van der Waals surface area contributed by atoms with Gasteiger partial charge < -0.3 is 29.7 Å². The number of nitrogens with zero attached hydrogens (tertiary/aromatic N) is 3. The highest BCUT2D eigenvalue weighted by Crippen LogP contribution is 2.36. The van der Waals surface area contributed by atoms with Gasteiger partial charge in [0, 0.05) is 0 Å². The molecule has 228 valence electrons. The average molecular weight is 610 g/mol. The fourth-order valence-corrected chi connectivity index (χ4v) is 5.03. The van der Waals surface area contributed by atoms with E-state index in [9.17, 15) is 19.2 Å². The minimum absolute atomic E-state index is 0.0748. The Bertz CT molecular complexity index is 1910. The van der Waals surface area contributed by atoms with Crippen molar-refractivity contribution in [2.45, 2.75) is 31.5 Å². The number of hydrogen-bond acceptors (Lipinski definition) is 11. The van der Waals surface area contributed by atoms with Crippen LogP contribution in [0.25, 0.3) is 11.2 Å². The number of anilines is 1. The number of aromatic nitrogens is 4. The average Bonchev–Trinajstić information content (AvgIpc) is 3.61. The molecular formula is C32H27N5O8. The van der Waals surface area contributed by atoms with Gasteiger partial charge in [0.15, 0.2) is 29.9 Å². The Morgan fingerprint density at radius 2 is 1.31 bits per heavy atom. The number of rotatable bonds is 8. The van der Waals surface area contributed by atoms with E-state index < -0.39 is 54.7 Å². The number of nitrogens with two attached hydrogens (primary N) is 1. The number of fused-ring (bicyclic) bond motifs is 1. The van der Waals surface area contributed by atoms with E-state index in [0.717, 1.165) is 4.57 Å². The second-order valence-electron chi connectivity index (χ2n) is 10.2. The summed E-state index contributed by atoms with van der Waals surface area (Å²) < 4.78 is 24.7. The number of aromatic amines is 1. The van der Waals surface area contributed by atoms with Crippen LogP contribution in [0.3, 0.4) is 0 Å². The molecular weight excluding hydrogens is 582 g/mol. The van der Waals surface area contributed by atoms with Crippen LogP contribution in [0.15, 0.2) is 95.8 Å². The molecule has 3 heterocycles. The molecule has 3 aromatic carbocycles. The SMILES string of the molecule is Cc1nc2c([nH]1)c(N)nc(=O)n2[C@@H]1O[C@H](COC(=O)c2ccccc2)[C@@H](OC(=O)c2ccccc2)[C@H]1OC(=O)c1ccccc1. The molecule has 2 aromatic heterocycles. The molecule has 0 radical (unpaired) electrons. The van der Waals surface area contributed by atoms with Crippen LogP contribution < -0.4 is 11.4 Å². The van der Waals surface area contributed by atoms with Gasteiger partial charge in [-0.3, -0.25) is 0 Å². The van der Waals surface area contributed by atoms with Crippen LogP contribution >= 0.6 is 0 Å². The molecule has 0 spiro atoms. The quantitative estimate of drug-likeness (QED) is 0.195. The lowest BCUT2D eigenvalue weighted by Gasteiger charge is -2.25. The van der Waals surface area contributed by atoms with Crippen molar-refractivity contribution >= 4 is 34.9 Å². The third-order valence-electron chi connectivity index (χ3n) is 7.14. The first kappa shape index (κ1) is 29.3. The molecule has 1 aliphatic heterocycles. The molecule has 0 aliphatic carbocycles. The van der Waals surface area contributed by atoms with Crippen LogP contribution in [-0.2, 0) is 18.9 Å². The van der Waals surface area contributed by atoms with Crippen molar-refractivity contribution in [3.8, 4) is 0 Å². The summed E-state index contributed by atoms with van der Waals surface area (Å²) in [5.74, 6) is -1.86. The summed E-state index contributed by atoms with van der Waals surface area (Å²) >= 11 is 0. The first-order valence-electron chi connectivity index (χ1n) is 13.9. The summed E-state index contributed by atoms with van der Waals surface area (Å²) in [5.41, 5.74) is 6.17. The second kappa shape index (κ2) is 12.4. The molecule has 5 aromatic rings. The van der Waals surface area contributed by atoms with Crippen molar-refractivity contribution < 1.29 is 33.3 Å². The zero-order valence-electron chi connectivity index (χ0n) is 23.9. The van der Waals surface area contributed by atoms with Gasteiger partial charge in [-0.05, 0) is 43.3 Å². The number of ether oxygens (including phenoxy) is 4. The van der Waals surface area contributed by atoms with Gasteiger partial charge in [0.05, 0.1) is 16.7 Å². The second-order valence-corrected chi connectivity index (χ2v) is 10.2. The largest absolute Gasteiger partial charge is 0.459 e. The summed E-state index contributed by atoms with van der Waals surface area (Å²) in [4.78, 5) is 64.2. The topological polar surface area (TPSA) is 178 Å². The Morgan fingerprint density at radius 3 is 1.87 bits per heavy atom. The van der Waals surface area contributed by atoms with Crippen LogP contribution in [-0.4, -0.2) is 62.3 Å². The Labute approximate surface area is 255 Å². The van der Waals surface area contributed by atoms with Crippen molar-refractivity contribution in [2.75, 3.05) is 12.3 Å². The Hall–Kier alpha value is -5.82. The number of benzene rings is 3. The smallest absolute Gasteiger partial charge is 0.353 e. The van der Waals surface area contributed by atoms with Gasteiger partial charge in [0.1, 0.15) is 24.1 Å². The third-order valence-corrected chi connectivity index (χ3v) is 7.14. The number of carbonyl (C=O) groups excluding carboxylic acids is 3.